The third-order valence-electron chi connectivity index (χ3n) is 3.88. The van der Waals surface area contributed by atoms with E-state index in [0.717, 1.165) is 31.8 Å². The molecule has 1 heterocycles. The van der Waals surface area contributed by atoms with Crippen LogP contribution in [-0.2, 0) is 0 Å². The fraction of sp³-hybridized carbons (Fsp3) is 0.500. The number of rotatable bonds is 4. The fourth-order valence-electron chi connectivity index (χ4n) is 2.46. The van der Waals surface area contributed by atoms with Crippen molar-refractivity contribution < 1.29 is 14.3 Å². The molecule has 116 valence electrons. The zero-order valence-corrected chi connectivity index (χ0v) is 12.3. The van der Waals surface area contributed by atoms with Gasteiger partial charge in [0.1, 0.15) is 5.82 Å². The summed E-state index contributed by atoms with van der Waals surface area (Å²) in [7, 11) is 4.12. The molecule has 0 radical (unpaired) electrons. The van der Waals surface area contributed by atoms with Gasteiger partial charge in [0.2, 0.25) is 0 Å². The van der Waals surface area contributed by atoms with Crippen LogP contribution in [0.25, 0.3) is 0 Å². The molecule has 6 nitrogen and oxygen atoms in total. The average molecular weight is 296 g/mol. The van der Waals surface area contributed by atoms with Crippen molar-refractivity contribution >= 4 is 17.3 Å². The molecule has 0 saturated carbocycles. The van der Waals surface area contributed by atoms with Gasteiger partial charge in [-0.2, -0.15) is 0 Å². The first-order valence-electron chi connectivity index (χ1n) is 6.83. The zero-order valence-electron chi connectivity index (χ0n) is 12.3. The summed E-state index contributed by atoms with van der Waals surface area (Å²) < 4.78 is 13.7. The highest BCUT2D eigenvalue weighted by molar-refractivity contribution is 5.90. The van der Waals surface area contributed by atoms with E-state index >= 15 is 0 Å². The summed E-state index contributed by atoms with van der Waals surface area (Å²) in [5.41, 5.74) is 6.05. The van der Waals surface area contributed by atoms with Crippen LogP contribution in [0.1, 0.15) is 10.4 Å². The van der Waals surface area contributed by atoms with E-state index in [1.807, 2.05) is 0 Å². The highest BCUT2D eigenvalue weighted by Gasteiger charge is 2.22. The predicted molar refractivity (Wildman–Crippen MR) is 80.2 cm³/mol. The Balaban J connectivity index is 2.06. The third-order valence-corrected chi connectivity index (χ3v) is 3.88. The molecule has 0 amide bonds. The number of benzene rings is 1. The monoisotopic (exact) mass is 296 g/mol. The summed E-state index contributed by atoms with van der Waals surface area (Å²) in [4.78, 5) is 15.3. The lowest BCUT2D eigenvalue weighted by Gasteiger charge is -2.38. The summed E-state index contributed by atoms with van der Waals surface area (Å²) in [5, 5.41) is 12.0. The Kier molecular flexibility index (Phi) is 4.64. The molecule has 21 heavy (non-hydrogen) atoms. The second kappa shape index (κ2) is 6.28. The maximum absolute atomic E-state index is 13.7. The lowest BCUT2D eigenvalue weighted by molar-refractivity contribution is 0.0692. The molecule has 0 aromatic heterocycles. The molecular formula is C14H21FN4O2. The first kappa shape index (κ1) is 15.5. The van der Waals surface area contributed by atoms with Crippen molar-refractivity contribution in [1.29, 1.82) is 0 Å². The van der Waals surface area contributed by atoms with Crippen LogP contribution in [0.2, 0.25) is 0 Å². The number of hydrogen-bond acceptors (Lipinski definition) is 5. The van der Waals surface area contributed by atoms with Gasteiger partial charge in [-0.25, -0.2) is 9.18 Å². The number of nitrogens with two attached hydrogens (primary N) is 1. The topological polar surface area (TPSA) is 81.8 Å². The number of hydrogen-bond donors (Lipinski definition) is 3. The smallest absolute Gasteiger partial charge is 0.338 e. The standard InChI is InChI=1S/C14H21FN4O2/c1-18-3-4-19(2)9(8-18)7-17-13-6-11(15)10(14(20)21)5-12(13)16/h5-6,9,17H,3-4,7-8,16H2,1-2H3,(H,20,21). The van der Waals surface area contributed by atoms with Crippen LogP contribution in [0.3, 0.4) is 0 Å². The van der Waals surface area contributed by atoms with Gasteiger partial charge in [-0.1, -0.05) is 0 Å². The van der Waals surface area contributed by atoms with Crippen LogP contribution in [0, 0.1) is 5.82 Å². The molecule has 1 unspecified atom stereocenters. The molecule has 1 saturated heterocycles. The second-order valence-corrected chi connectivity index (χ2v) is 5.50. The van der Waals surface area contributed by atoms with Crippen LogP contribution in [0.4, 0.5) is 15.8 Å². The summed E-state index contributed by atoms with van der Waals surface area (Å²) in [6.07, 6.45) is 0. The van der Waals surface area contributed by atoms with Crippen molar-refractivity contribution in [3.05, 3.63) is 23.5 Å². The Morgan fingerprint density at radius 3 is 2.86 bits per heavy atom. The number of nitrogens with zero attached hydrogens (tertiary/aromatic N) is 2. The van der Waals surface area contributed by atoms with Crippen molar-refractivity contribution in [1.82, 2.24) is 9.80 Å². The molecule has 1 aliphatic heterocycles. The van der Waals surface area contributed by atoms with Gasteiger partial charge in [-0.3, -0.25) is 4.90 Å². The van der Waals surface area contributed by atoms with E-state index in [9.17, 15) is 9.18 Å². The number of piperazine rings is 1. The van der Waals surface area contributed by atoms with Crippen LogP contribution in [-0.4, -0.2) is 67.2 Å². The maximum Gasteiger partial charge on any atom is 0.338 e. The van der Waals surface area contributed by atoms with Crippen molar-refractivity contribution in [2.45, 2.75) is 6.04 Å². The van der Waals surface area contributed by atoms with Crippen LogP contribution in [0.5, 0.6) is 0 Å². The molecule has 2 rings (SSSR count). The number of halogens is 1. The highest BCUT2D eigenvalue weighted by Crippen LogP contribution is 2.23. The summed E-state index contributed by atoms with van der Waals surface area (Å²) in [6.45, 7) is 3.54. The van der Waals surface area contributed by atoms with E-state index in [-0.39, 0.29) is 5.69 Å². The Morgan fingerprint density at radius 1 is 1.48 bits per heavy atom. The zero-order chi connectivity index (χ0) is 15.6. The minimum absolute atomic E-state index is 0.237. The van der Waals surface area contributed by atoms with Crippen molar-refractivity contribution in [3.63, 3.8) is 0 Å². The number of likely N-dealkylation sites (N-methyl/N-ethyl adjacent to an activating group) is 2. The van der Waals surface area contributed by atoms with Crippen molar-refractivity contribution in [3.8, 4) is 0 Å². The highest BCUT2D eigenvalue weighted by atomic mass is 19.1. The first-order valence-corrected chi connectivity index (χ1v) is 6.83. The minimum atomic E-state index is -1.32. The minimum Gasteiger partial charge on any atom is -0.478 e. The molecule has 1 aliphatic rings. The van der Waals surface area contributed by atoms with Gasteiger partial charge in [0, 0.05) is 32.2 Å². The first-order chi connectivity index (χ1) is 9.88. The van der Waals surface area contributed by atoms with E-state index in [4.69, 9.17) is 10.8 Å². The van der Waals surface area contributed by atoms with Gasteiger partial charge < -0.3 is 21.1 Å². The number of carboxylic acid groups (broad SMARTS) is 1. The third kappa shape index (κ3) is 3.62. The maximum atomic E-state index is 13.7. The molecule has 4 N–H and O–H groups in total. The van der Waals surface area contributed by atoms with E-state index in [2.05, 4.69) is 29.2 Å². The van der Waals surface area contributed by atoms with Gasteiger partial charge in [-0.15, -0.1) is 0 Å². The quantitative estimate of drug-likeness (QED) is 0.712. The van der Waals surface area contributed by atoms with E-state index in [1.165, 1.54) is 0 Å². The molecule has 0 bridgehead atoms. The second-order valence-electron chi connectivity index (χ2n) is 5.50. The summed E-state index contributed by atoms with van der Waals surface area (Å²) in [6, 6.07) is 2.59. The van der Waals surface area contributed by atoms with E-state index in [0.29, 0.717) is 18.3 Å². The lowest BCUT2D eigenvalue weighted by Crippen LogP contribution is -2.52. The number of carbonyl (C=O) groups is 1. The molecule has 1 atom stereocenters. The van der Waals surface area contributed by atoms with Gasteiger partial charge >= 0.3 is 5.97 Å². The van der Waals surface area contributed by atoms with Gasteiger partial charge in [0.25, 0.3) is 0 Å². The van der Waals surface area contributed by atoms with Gasteiger partial charge in [0.15, 0.2) is 0 Å². The Morgan fingerprint density at radius 2 is 2.19 bits per heavy atom. The lowest BCUT2D eigenvalue weighted by atomic mass is 10.1. The summed E-state index contributed by atoms with van der Waals surface area (Å²) in [5.74, 6) is -2.10. The van der Waals surface area contributed by atoms with Crippen LogP contribution >= 0.6 is 0 Å². The number of nitrogen functional groups attached to an aromatic ring is 1. The molecule has 0 aliphatic carbocycles. The number of nitrogens with one attached hydrogen (secondary N) is 1. The Labute approximate surface area is 123 Å². The largest absolute Gasteiger partial charge is 0.478 e. The number of aromatic carboxylic acids is 1. The Bertz CT molecular complexity index is 538. The molecule has 1 aromatic carbocycles. The molecule has 7 heteroatoms. The number of anilines is 2. The van der Waals surface area contributed by atoms with Gasteiger partial charge in [0.05, 0.1) is 16.9 Å². The van der Waals surface area contributed by atoms with Crippen LogP contribution in [0.15, 0.2) is 12.1 Å². The molecule has 0 spiro atoms. The van der Waals surface area contributed by atoms with Crippen LogP contribution < -0.4 is 11.1 Å². The Hall–Kier alpha value is -1.86. The molecule has 1 fully saturated rings. The normalized spacial score (nSPS) is 20.4. The van der Waals surface area contributed by atoms with Crippen molar-refractivity contribution in [2.75, 3.05) is 51.3 Å². The number of carboxylic acids is 1. The average Bonchev–Trinajstić information content (AvgIpc) is 2.42. The van der Waals surface area contributed by atoms with E-state index < -0.39 is 17.3 Å². The molecule has 1 aromatic rings. The predicted octanol–water partition coefficient (Wildman–Crippen LogP) is 0.764. The fourth-order valence-corrected chi connectivity index (χ4v) is 2.46. The van der Waals surface area contributed by atoms with Crippen molar-refractivity contribution in [2.24, 2.45) is 0 Å². The SMILES string of the molecule is CN1CCN(C)C(CNc2cc(F)c(C(=O)O)cc2N)C1. The summed E-state index contributed by atoms with van der Waals surface area (Å²) >= 11 is 0. The van der Waals surface area contributed by atoms with Gasteiger partial charge in [-0.05, 0) is 26.2 Å². The van der Waals surface area contributed by atoms with E-state index in [1.54, 1.807) is 0 Å². The molecular weight excluding hydrogens is 275 g/mol.